The largest absolute Gasteiger partial charge is 0.481 e. The number of amides is 1. The highest BCUT2D eigenvalue weighted by Gasteiger charge is 2.54. The number of carboxylic acids is 1. The van der Waals surface area contributed by atoms with Gasteiger partial charge in [-0.1, -0.05) is 6.92 Å². The van der Waals surface area contributed by atoms with Crippen LogP contribution in [0.4, 0.5) is 5.00 Å². The molecule has 0 unspecified atom stereocenters. The van der Waals surface area contributed by atoms with Crippen molar-refractivity contribution in [3.8, 4) is 0 Å². The summed E-state index contributed by atoms with van der Waals surface area (Å²) in [7, 11) is 0. The monoisotopic (exact) mass is 365 g/mol. The fourth-order valence-electron chi connectivity index (χ4n) is 4.29. The van der Waals surface area contributed by atoms with Crippen LogP contribution in [0.1, 0.15) is 48.3 Å². The molecule has 25 heavy (non-hydrogen) atoms. The van der Waals surface area contributed by atoms with Gasteiger partial charge in [-0.2, -0.15) is 0 Å². The van der Waals surface area contributed by atoms with Gasteiger partial charge in [-0.3, -0.25) is 9.59 Å². The van der Waals surface area contributed by atoms with Crippen molar-refractivity contribution in [3.63, 3.8) is 0 Å². The SMILES string of the molecule is CCOC(=O)c1cc(CC)sc1NC(=O)[C@H]1[C@@H]2CC[C@H](C2)[C@@H]1C(=O)O. The van der Waals surface area contributed by atoms with E-state index in [0.717, 1.165) is 30.6 Å². The summed E-state index contributed by atoms with van der Waals surface area (Å²) in [6.07, 6.45) is 3.35. The molecular formula is C18H23NO5S. The smallest absolute Gasteiger partial charge is 0.341 e. The third-order valence-corrected chi connectivity index (χ3v) is 6.56. The average Bonchev–Trinajstić information content (AvgIpc) is 3.28. The Morgan fingerprint density at radius 2 is 1.92 bits per heavy atom. The van der Waals surface area contributed by atoms with Crippen LogP contribution in [0.15, 0.2) is 6.07 Å². The van der Waals surface area contributed by atoms with Crippen LogP contribution in [-0.2, 0) is 20.7 Å². The number of hydrogen-bond acceptors (Lipinski definition) is 5. The third-order valence-electron chi connectivity index (χ3n) is 5.37. The number of carbonyl (C=O) groups is 3. The van der Waals surface area contributed by atoms with Gasteiger partial charge in [0.25, 0.3) is 0 Å². The van der Waals surface area contributed by atoms with Crippen molar-refractivity contribution in [2.75, 3.05) is 11.9 Å². The standard InChI is InChI=1S/C18H23NO5S/c1-3-11-8-12(18(23)24-4-2)16(25-11)19-15(20)13-9-5-6-10(7-9)14(13)17(21)22/h8-10,13-14H,3-7H2,1-2H3,(H,19,20)(H,21,22)/t9-,10-,13+,14+/m1/s1. The lowest BCUT2D eigenvalue weighted by Crippen LogP contribution is -2.37. The van der Waals surface area contributed by atoms with Gasteiger partial charge in [-0.25, -0.2) is 4.79 Å². The van der Waals surface area contributed by atoms with E-state index in [4.69, 9.17) is 4.74 Å². The van der Waals surface area contributed by atoms with Crippen molar-refractivity contribution >= 4 is 34.2 Å². The first-order valence-corrected chi connectivity index (χ1v) is 9.61. The molecule has 2 N–H and O–H groups in total. The maximum Gasteiger partial charge on any atom is 0.341 e. The molecule has 0 aliphatic heterocycles. The zero-order valence-electron chi connectivity index (χ0n) is 14.4. The van der Waals surface area contributed by atoms with E-state index in [-0.39, 0.29) is 24.3 Å². The highest BCUT2D eigenvalue weighted by atomic mass is 32.1. The Morgan fingerprint density at radius 3 is 2.52 bits per heavy atom. The quantitative estimate of drug-likeness (QED) is 0.755. The van der Waals surface area contributed by atoms with E-state index >= 15 is 0 Å². The van der Waals surface area contributed by atoms with Crippen LogP contribution in [-0.4, -0.2) is 29.6 Å². The van der Waals surface area contributed by atoms with Gasteiger partial charge in [0, 0.05) is 4.88 Å². The van der Waals surface area contributed by atoms with Crippen LogP contribution in [0.3, 0.4) is 0 Å². The Morgan fingerprint density at radius 1 is 1.24 bits per heavy atom. The molecule has 1 aromatic heterocycles. The van der Waals surface area contributed by atoms with Crippen molar-refractivity contribution in [1.29, 1.82) is 0 Å². The number of fused-ring (bicyclic) bond motifs is 2. The number of carboxylic acid groups (broad SMARTS) is 1. The van der Waals surface area contributed by atoms with Crippen molar-refractivity contribution in [2.24, 2.45) is 23.7 Å². The summed E-state index contributed by atoms with van der Waals surface area (Å²) in [5.74, 6) is -2.54. The number of nitrogens with one attached hydrogen (secondary N) is 1. The molecule has 4 atom stereocenters. The van der Waals surface area contributed by atoms with E-state index < -0.39 is 23.8 Å². The molecule has 2 aliphatic rings. The molecule has 1 amide bonds. The molecule has 6 nitrogen and oxygen atoms in total. The van der Waals surface area contributed by atoms with E-state index in [9.17, 15) is 19.5 Å². The molecule has 7 heteroatoms. The number of thiophene rings is 1. The zero-order valence-corrected chi connectivity index (χ0v) is 15.2. The Balaban J connectivity index is 1.82. The highest BCUT2D eigenvalue weighted by Crippen LogP contribution is 2.52. The molecule has 1 aromatic rings. The number of aliphatic carboxylic acids is 1. The fourth-order valence-corrected chi connectivity index (χ4v) is 5.28. The molecule has 2 bridgehead atoms. The molecule has 0 spiro atoms. The predicted octanol–water partition coefficient (Wildman–Crippen LogP) is 3.17. The number of rotatable bonds is 6. The summed E-state index contributed by atoms with van der Waals surface area (Å²) < 4.78 is 5.06. The number of hydrogen-bond donors (Lipinski definition) is 2. The molecular weight excluding hydrogens is 342 g/mol. The summed E-state index contributed by atoms with van der Waals surface area (Å²) in [4.78, 5) is 37.6. The van der Waals surface area contributed by atoms with Gasteiger partial charge in [-0.05, 0) is 50.5 Å². The topological polar surface area (TPSA) is 92.7 Å². The van der Waals surface area contributed by atoms with Crippen molar-refractivity contribution < 1.29 is 24.2 Å². The Labute approximate surface area is 150 Å². The average molecular weight is 365 g/mol. The molecule has 2 fully saturated rings. The molecule has 136 valence electrons. The summed E-state index contributed by atoms with van der Waals surface area (Å²) in [5.41, 5.74) is 0.354. The third kappa shape index (κ3) is 3.29. The Bertz CT molecular complexity index is 698. The number of ether oxygens (including phenoxy) is 1. The molecule has 0 aromatic carbocycles. The molecule has 2 saturated carbocycles. The van der Waals surface area contributed by atoms with Gasteiger partial charge in [0.05, 0.1) is 24.0 Å². The number of aryl methyl sites for hydroxylation is 1. The van der Waals surface area contributed by atoms with E-state index in [2.05, 4.69) is 5.32 Å². The molecule has 0 saturated heterocycles. The molecule has 0 radical (unpaired) electrons. The molecule has 2 aliphatic carbocycles. The van der Waals surface area contributed by atoms with E-state index in [1.165, 1.54) is 11.3 Å². The second-order valence-electron chi connectivity index (χ2n) is 6.74. The minimum atomic E-state index is -0.890. The van der Waals surface area contributed by atoms with Crippen LogP contribution >= 0.6 is 11.3 Å². The van der Waals surface area contributed by atoms with Crippen molar-refractivity contribution in [1.82, 2.24) is 0 Å². The summed E-state index contributed by atoms with van der Waals surface area (Å²) in [5, 5.41) is 12.8. The highest BCUT2D eigenvalue weighted by molar-refractivity contribution is 7.16. The summed E-state index contributed by atoms with van der Waals surface area (Å²) >= 11 is 1.35. The zero-order chi connectivity index (χ0) is 18.1. The van der Waals surface area contributed by atoms with Gasteiger partial charge in [0.1, 0.15) is 5.00 Å². The number of anilines is 1. The van der Waals surface area contributed by atoms with Gasteiger partial charge in [0.15, 0.2) is 0 Å². The fraction of sp³-hybridized carbons (Fsp3) is 0.611. The second kappa shape index (κ2) is 7.15. The Hall–Kier alpha value is -1.89. The van der Waals surface area contributed by atoms with E-state index in [1.807, 2.05) is 6.92 Å². The maximum absolute atomic E-state index is 12.8. The van der Waals surface area contributed by atoms with Crippen LogP contribution in [0, 0.1) is 23.7 Å². The summed E-state index contributed by atoms with van der Waals surface area (Å²) in [6.45, 7) is 3.97. The summed E-state index contributed by atoms with van der Waals surface area (Å²) in [6, 6.07) is 1.74. The Kier molecular flexibility index (Phi) is 5.13. The number of carbonyl (C=O) groups excluding carboxylic acids is 2. The minimum Gasteiger partial charge on any atom is -0.481 e. The predicted molar refractivity (Wildman–Crippen MR) is 93.7 cm³/mol. The second-order valence-corrected chi connectivity index (χ2v) is 7.88. The van der Waals surface area contributed by atoms with Crippen LogP contribution in [0.5, 0.6) is 0 Å². The van der Waals surface area contributed by atoms with E-state index in [1.54, 1.807) is 13.0 Å². The van der Waals surface area contributed by atoms with Crippen LogP contribution in [0.25, 0.3) is 0 Å². The minimum absolute atomic E-state index is 0.0947. The lowest BCUT2D eigenvalue weighted by Gasteiger charge is -2.26. The van der Waals surface area contributed by atoms with Crippen LogP contribution < -0.4 is 5.32 Å². The number of esters is 1. The van der Waals surface area contributed by atoms with Crippen LogP contribution in [0.2, 0.25) is 0 Å². The first kappa shape index (κ1) is 17.9. The lowest BCUT2D eigenvalue weighted by atomic mass is 9.79. The van der Waals surface area contributed by atoms with E-state index in [0.29, 0.717) is 10.6 Å². The first-order chi connectivity index (χ1) is 12.0. The van der Waals surface area contributed by atoms with Gasteiger partial charge in [0.2, 0.25) is 5.91 Å². The molecule has 3 rings (SSSR count). The normalized spacial score (nSPS) is 27.3. The molecule has 1 heterocycles. The first-order valence-electron chi connectivity index (χ1n) is 8.79. The lowest BCUT2D eigenvalue weighted by molar-refractivity contribution is -0.148. The van der Waals surface area contributed by atoms with Gasteiger partial charge >= 0.3 is 11.9 Å². The van der Waals surface area contributed by atoms with Crippen molar-refractivity contribution in [2.45, 2.75) is 39.5 Å². The van der Waals surface area contributed by atoms with Gasteiger partial charge in [-0.15, -0.1) is 11.3 Å². The van der Waals surface area contributed by atoms with Crippen molar-refractivity contribution in [3.05, 3.63) is 16.5 Å². The van der Waals surface area contributed by atoms with Gasteiger partial charge < -0.3 is 15.2 Å². The maximum atomic E-state index is 12.8.